The van der Waals surface area contributed by atoms with E-state index in [1.165, 1.54) is 24.3 Å². The maximum Gasteiger partial charge on any atom is 0.257 e. The highest BCUT2D eigenvalue weighted by atomic mass is 19.2. The van der Waals surface area contributed by atoms with E-state index in [1.807, 2.05) is 0 Å². The Hall–Kier alpha value is -2.30. The summed E-state index contributed by atoms with van der Waals surface area (Å²) in [5.41, 5.74) is 0.537. The summed E-state index contributed by atoms with van der Waals surface area (Å²) in [7, 11) is 0. The van der Waals surface area contributed by atoms with Gasteiger partial charge < -0.3 is 4.90 Å². The second-order valence-electron chi connectivity index (χ2n) is 5.66. The van der Waals surface area contributed by atoms with Gasteiger partial charge in [-0.2, -0.15) is 0 Å². The fraction of sp³-hybridized carbons (Fsp3) is 0.278. The fourth-order valence-corrected chi connectivity index (χ4v) is 3.03. The molecule has 0 N–H and O–H groups in total. The average molecular weight is 319 g/mol. The summed E-state index contributed by atoms with van der Waals surface area (Å²) in [6, 6.07) is 9.30. The summed E-state index contributed by atoms with van der Waals surface area (Å²) >= 11 is 0. The van der Waals surface area contributed by atoms with Crippen molar-refractivity contribution in [3.8, 4) is 0 Å². The van der Waals surface area contributed by atoms with Crippen molar-refractivity contribution < 1.29 is 18.0 Å². The maximum absolute atomic E-state index is 13.9. The number of likely N-dealkylation sites (tertiary alicyclic amines) is 1. The first-order valence-electron chi connectivity index (χ1n) is 7.58. The van der Waals surface area contributed by atoms with Gasteiger partial charge in [0.25, 0.3) is 5.91 Å². The van der Waals surface area contributed by atoms with Crippen LogP contribution in [0.3, 0.4) is 0 Å². The molecule has 120 valence electrons. The van der Waals surface area contributed by atoms with Crippen LogP contribution in [0, 0.1) is 17.5 Å². The lowest BCUT2D eigenvalue weighted by molar-refractivity contribution is 0.0605. The third-order valence-electron chi connectivity index (χ3n) is 4.20. The molecular weight excluding hydrogens is 303 g/mol. The molecule has 5 heteroatoms. The van der Waals surface area contributed by atoms with Gasteiger partial charge in [-0.15, -0.1) is 0 Å². The molecule has 1 atom stereocenters. The quantitative estimate of drug-likeness (QED) is 0.799. The molecule has 1 fully saturated rings. The van der Waals surface area contributed by atoms with E-state index >= 15 is 0 Å². The van der Waals surface area contributed by atoms with E-state index in [4.69, 9.17) is 0 Å². The van der Waals surface area contributed by atoms with E-state index < -0.39 is 17.5 Å². The molecular formula is C18H16F3NO. The molecule has 2 aromatic carbocycles. The SMILES string of the molecule is O=C(c1cccc(F)c1F)N1CCCC[C@H]1c1ccc(F)cc1. The van der Waals surface area contributed by atoms with Gasteiger partial charge in [-0.3, -0.25) is 4.79 Å². The third kappa shape index (κ3) is 3.09. The first kappa shape index (κ1) is 15.6. The molecule has 0 saturated carbocycles. The molecule has 0 bridgehead atoms. The number of nitrogens with zero attached hydrogens (tertiary/aromatic N) is 1. The van der Waals surface area contributed by atoms with Crippen LogP contribution in [0.5, 0.6) is 0 Å². The van der Waals surface area contributed by atoms with Crippen LogP contribution in [-0.2, 0) is 0 Å². The van der Waals surface area contributed by atoms with Crippen molar-refractivity contribution in [2.75, 3.05) is 6.54 Å². The number of piperidine rings is 1. The minimum Gasteiger partial charge on any atom is -0.332 e. The Morgan fingerprint density at radius 3 is 2.48 bits per heavy atom. The molecule has 2 aromatic rings. The van der Waals surface area contributed by atoms with Crippen LogP contribution in [0.25, 0.3) is 0 Å². The summed E-state index contributed by atoms with van der Waals surface area (Å²) < 4.78 is 40.4. The second kappa shape index (κ2) is 6.44. The zero-order valence-electron chi connectivity index (χ0n) is 12.4. The van der Waals surface area contributed by atoms with Crippen molar-refractivity contribution in [3.63, 3.8) is 0 Å². The second-order valence-corrected chi connectivity index (χ2v) is 5.66. The van der Waals surface area contributed by atoms with E-state index in [0.717, 1.165) is 24.5 Å². The van der Waals surface area contributed by atoms with Crippen LogP contribution in [0.2, 0.25) is 0 Å². The Labute approximate surface area is 132 Å². The van der Waals surface area contributed by atoms with E-state index in [9.17, 15) is 18.0 Å². The number of halogens is 3. The van der Waals surface area contributed by atoms with Crippen molar-refractivity contribution >= 4 is 5.91 Å². The lowest BCUT2D eigenvalue weighted by Crippen LogP contribution is -2.39. The van der Waals surface area contributed by atoms with Gasteiger partial charge in [-0.05, 0) is 49.1 Å². The first-order chi connectivity index (χ1) is 11.1. The number of hydrogen-bond acceptors (Lipinski definition) is 1. The molecule has 2 nitrogen and oxygen atoms in total. The fourth-order valence-electron chi connectivity index (χ4n) is 3.03. The Morgan fingerprint density at radius 2 is 1.74 bits per heavy atom. The van der Waals surface area contributed by atoms with Crippen LogP contribution < -0.4 is 0 Å². The Morgan fingerprint density at radius 1 is 1.00 bits per heavy atom. The predicted octanol–water partition coefficient (Wildman–Crippen LogP) is 4.47. The first-order valence-corrected chi connectivity index (χ1v) is 7.58. The Balaban J connectivity index is 1.93. The highest BCUT2D eigenvalue weighted by Gasteiger charge is 2.30. The van der Waals surface area contributed by atoms with E-state index in [-0.39, 0.29) is 17.4 Å². The molecule has 23 heavy (non-hydrogen) atoms. The number of hydrogen-bond donors (Lipinski definition) is 0. The van der Waals surface area contributed by atoms with Crippen molar-refractivity contribution in [2.45, 2.75) is 25.3 Å². The summed E-state index contributed by atoms with van der Waals surface area (Å²) in [4.78, 5) is 14.2. The van der Waals surface area contributed by atoms with Crippen LogP contribution in [0.4, 0.5) is 13.2 Å². The largest absolute Gasteiger partial charge is 0.332 e. The molecule has 0 unspecified atom stereocenters. The maximum atomic E-state index is 13.9. The molecule has 0 spiro atoms. The van der Waals surface area contributed by atoms with Gasteiger partial charge in [0.05, 0.1) is 11.6 Å². The van der Waals surface area contributed by atoms with Crippen LogP contribution in [0.1, 0.15) is 41.2 Å². The van der Waals surface area contributed by atoms with E-state index in [1.54, 1.807) is 17.0 Å². The normalized spacial score (nSPS) is 18.0. The molecule has 1 saturated heterocycles. The molecule has 1 amide bonds. The van der Waals surface area contributed by atoms with Gasteiger partial charge in [0.2, 0.25) is 0 Å². The minimum atomic E-state index is -1.12. The van der Waals surface area contributed by atoms with Gasteiger partial charge in [-0.1, -0.05) is 18.2 Å². The zero-order chi connectivity index (χ0) is 16.4. The summed E-state index contributed by atoms with van der Waals surface area (Å²) in [6.07, 6.45) is 2.45. The van der Waals surface area contributed by atoms with E-state index in [0.29, 0.717) is 13.0 Å². The molecule has 0 aromatic heterocycles. The van der Waals surface area contributed by atoms with Crippen LogP contribution >= 0.6 is 0 Å². The monoisotopic (exact) mass is 319 g/mol. The molecule has 0 radical (unpaired) electrons. The lowest BCUT2D eigenvalue weighted by Gasteiger charge is -2.36. The van der Waals surface area contributed by atoms with Gasteiger partial charge >= 0.3 is 0 Å². The number of rotatable bonds is 2. The van der Waals surface area contributed by atoms with E-state index in [2.05, 4.69) is 0 Å². The highest BCUT2D eigenvalue weighted by molar-refractivity contribution is 5.94. The van der Waals surface area contributed by atoms with Crippen molar-refractivity contribution in [1.82, 2.24) is 4.90 Å². The molecule has 1 aliphatic rings. The average Bonchev–Trinajstić information content (AvgIpc) is 2.57. The van der Waals surface area contributed by atoms with Gasteiger partial charge in [-0.25, -0.2) is 13.2 Å². The standard InChI is InChI=1S/C18H16F3NO/c19-13-9-7-12(8-10-13)16-6-1-2-11-22(16)18(23)14-4-3-5-15(20)17(14)21/h3-5,7-10,16H,1-2,6,11H2/t16-/m0/s1. The zero-order valence-corrected chi connectivity index (χ0v) is 12.4. The smallest absolute Gasteiger partial charge is 0.257 e. The van der Waals surface area contributed by atoms with Gasteiger partial charge in [0.15, 0.2) is 11.6 Å². The Bertz CT molecular complexity index is 715. The Kier molecular flexibility index (Phi) is 4.37. The third-order valence-corrected chi connectivity index (χ3v) is 4.20. The predicted molar refractivity (Wildman–Crippen MR) is 80.4 cm³/mol. The topological polar surface area (TPSA) is 20.3 Å². The van der Waals surface area contributed by atoms with Crippen molar-refractivity contribution in [2.24, 2.45) is 0 Å². The van der Waals surface area contributed by atoms with Crippen molar-refractivity contribution in [1.29, 1.82) is 0 Å². The summed E-state index contributed by atoms with van der Waals surface area (Å²) in [6.45, 7) is 0.469. The van der Waals surface area contributed by atoms with Crippen LogP contribution in [-0.4, -0.2) is 17.4 Å². The summed E-state index contributed by atoms with van der Waals surface area (Å²) in [5, 5.41) is 0. The minimum absolute atomic E-state index is 0.250. The highest BCUT2D eigenvalue weighted by Crippen LogP contribution is 2.32. The molecule has 0 aliphatic carbocycles. The van der Waals surface area contributed by atoms with Gasteiger partial charge in [0.1, 0.15) is 5.82 Å². The van der Waals surface area contributed by atoms with Crippen molar-refractivity contribution in [3.05, 3.63) is 71.0 Å². The molecule has 1 heterocycles. The lowest BCUT2D eigenvalue weighted by atomic mass is 9.94. The van der Waals surface area contributed by atoms with Crippen LogP contribution in [0.15, 0.2) is 42.5 Å². The summed E-state index contributed by atoms with van der Waals surface area (Å²) in [5.74, 6) is -3.04. The number of carbonyl (C=O) groups excluding carboxylic acids is 1. The number of amides is 1. The molecule has 1 aliphatic heterocycles. The molecule has 3 rings (SSSR count). The number of benzene rings is 2. The number of carbonyl (C=O) groups is 1. The van der Waals surface area contributed by atoms with Gasteiger partial charge in [0, 0.05) is 6.54 Å².